The fraction of sp³-hybridized carbons (Fsp3) is 0.429. The van der Waals surface area contributed by atoms with Gasteiger partial charge in [0.05, 0.1) is 17.7 Å². The minimum atomic E-state index is -0.0614. The van der Waals surface area contributed by atoms with Gasteiger partial charge in [-0.25, -0.2) is 4.98 Å². The lowest BCUT2D eigenvalue weighted by atomic mass is 9.94. The van der Waals surface area contributed by atoms with Crippen molar-refractivity contribution >= 4 is 28.3 Å². The lowest BCUT2D eigenvalue weighted by Crippen LogP contribution is -2.35. The zero-order chi connectivity index (χ0) is 23.8. The quantitative estimate of drug-likeness (QED) is 0.377. The van der Waals surface area contributed by atoms with Gasteiger partial charge in [0, 0.05) is 23.7 Å². The lowest BCUT2D eigenvalue weighted by Gasteiger charge is -2.31. The first kappa shape index (κ1) is 24.0. The molecule has 2 N–H and O–H groups in total. The van der Waals surface area contributed by atoms with E-state index in [1.807, 2.05) is 61.5 Å². The molecule has 1 amide bonds. The molecule has 0 atom stereocenters. The molecule has 180 valence electrons. The smallest absolute Gasteiger partial charge is 0.252 e. The summed E-state index contributed by atoms with van der Waals surface area (Å²) in [6.45, 7) is 4.27. The third-order valence-electron chi connectivity index (χ3n) is 6.57. The summed E-state index contributed by atoms with van der Waals surface area (Å²) in [4.78, 5) is 20.3. The molecular weight excluding hydrogens is 424 g/mol. The van der Waals surface area contributed by atoms with Crippen molar-refractivity contribution in [3.8, 4) is 5.75 Å². The molecule has 1 saturated carbocycles. The van der Waals surface area contributed by atoms with E-state index in [0.717, 1.165) is 35.3 Å². The fourth-order valence-corrected chi connectivity index (χ4v) is 4.71. The molecule has 1 heterocycles. The molecule has 1 aliphatic carbocycles. The van der Waals surface area contributed by atoms with Crippen LogP contribution in [-0.4, -0.2) is 48.6 Å². The van der Waals surface area contributed by atoms with Crippen LogP contribution in [-0.2, 0) is 0 Å². The SMILES string of the molecule is CCOc1ccc(Nc2cc(C(=O)NCCCN(C)C3CCCCC3)c3ccccc3n2)cc1. The molecule has 0 radical (unpaired) electrons. The first-order valence-electron chi connectivity index (χ1n) is 12.5. The van der Waals surface area contributed by atoms with Gasteiger partial charge >= 0.3 is 0 Å². The van der Waals surface area contributed by atoms with Crippen LogP contribution in [0.25, 0.3) is 10.9 Å². The van der Waals surface area contributed by atoms with Gasteiger partial charge in [-0.15, -0.1) is 0 Å². The second kappa shape index (κ2) is 11.8. The molecule has 0 saturated heterocycles. The van der Waals surface area contributed by atoms with Gasteiger partial charge in [0.1, 0.15) is 11.6 Å². The average Bonchev–Trinajstić information content (AvgIpc) is 2.87. The molecular formula is C28H36N4O2. The molecule has 0 aliphatic heterocycles. The van der Waals surface area contributed by atoms with E-state index < -0.39 is 0 Å². The molecule has 1 aromatic heterocycles. The van der Waals surface area contributed by atoms with Crippen LogP contribution in [0.2, 0.25) is 0 Å². The van der Waals surface area contributed by atoms with Crippen LogP contribution >= 0.6 is 0 Å². The van der Waals surface area contributed by atoms with E-state index in [9.17, 15) is 4.79 Å². The Labute approximate surface area is 202 Å². The van der Waals surface area contributed by atoms with Crippen molar-refractivity contribution in [2.24, 2.45) is 0 Å². The van der Waals surface area contributed by atoms with E-state index in [0.29, 0.717) is 30.6 Å². The van der Waals surface area contributed by atoms with Crippen LogP contribution in [0.3, 0.4) is 0 Å². The Morgan fingerprint density at radius 2 is 1.85 bits per heavy atom. The molecule has 1 fully saturated rings. The molecule has 3 aromatic rings. The van der Waals surface area contributed by atoms with Crippen molar-refractivity contribution in [2.75, 3.05) is 32.1 Å². The Hall–Kier alpha value is -3.12. The van der Waals surface area contributed by atoms with Gasteiger partial charge in [-0.1, -0.05) is 37.5 Å². The summed E-state index contributed by atoms with van der Waals surface area (Å²) in [7, 11) is 2.22. The predicted molar refractivity (Wildman–Crippen MR) is 139 cm³/mol. The second-order valence-electron chi connectivity index (χ2n) is 9.04. The Morgan fingerprint density at radius 3 is 2.62 bits per heavy atom. The lowest BCUT2D eigenvalue weighted by molar-refractivity contribution is 0.0952. The van der Waals surface area contributed by atoms with Gasteiger partial charge in [-0.05, 0) is 76.2 Å². The van der Waals surface area contributed by atoms with Gasteiger partial charge in [-0.2, -0.15) is 0 Å². The molecule has 0 spiro atoms. The minimum absolute atomic E-state index is 0.0614. The van der Waals surface area contributed by atoms with Crippen LogP contribution in [0.4, 0.5) is 11.5 Å². The number of pyridine rings is 1. The molecule has 4 rings (SSSR count). The van der Waals surface area contributed by atoms with Gasteiger partial charge in [0.2, 0.25) is 0 Å². The number of aromatic nitrogens is 1. The van der Waals surface area contributed by atoms with Gasteiger partial charge in [0.25, 0.3) is 5.91 Å². The highest BCUT2D eigenvalue weighted by molar-refractivity contribution is 6.07. The van der Waals surface area contributed by atoms with Crippen molar-refractivity contribution in [1.82, 2.24) is 15.2 Å². The van der Waals surface area contributed by atoms with E-state index in [1.165, 1.54) is 32.1 Å². The topological polar surface area (TPSA) is 66.5 Å². The Bertz CT molecular complexity index is 1080. The normalized spacial score (nSPS) is 14.3. The number of amides is 1. The number of nitrogens with one attached hydrogen (secondary N) is 2. The summed E-state index contributed by atoms with van der Waals surface area (Å²) in [5.74, 6) is 1.41. The maximum absolute atomic E-state index is 13.1. The third kappa shape index (κ3) is 6.26. The number of carbonyl (C=O) groups is 1. The van der Waals surface area contributed by atoms with Gasteiger partial charge in [-0.3, -0.25) is 4.79 Å². The number of nitrogens with zero attached hydrogens (tertiary/aromatic N) is 2. The number of hydrogen-bond donors (Lipinski definition) is 2. The van der Waals surface area contributed by atoms with Crippen LogP contribution in [0, 0.1) is 0 Å². The zero-order valence-corrected chi connectivity index (χ0v) is 20.3. The van der Waals surface area contributed by atoms with E-state index in [4.69, 9.17) is 9.72 Å². The summed E-state index contributed by atoms with van der Waals surface area (Å²) in [6, 6.07) is 18.1. The van der Waals surface area contributed by atoms with Crippen LogP contribution in [0.5, 0.6) is 5.75 Å². The number of hydrogen-bond acceptors (Lipinski definition) is 5. The Balaban J connectivity index is 1.40. The number of para-hydroxylation sites is 1. The summed E-state index contributed by atoms with van der Waals surface area (Å²) in [5.41, 5.74) is 2.32. The van der Waals surface area contributed by atoms with Crippen molar-refractivity contribution in [1.29, 1.82) is 0 Å². The molecule has 1 aliphatic rings. The van der Waals surface area contributed by atoms with Crippen LogP contribution in [0.15, 0.2) is 54.6 Å². The van der Waals surface area contributed by atoms with Crippen molar-refractivity contribution in [3.05, 3.63) is 60.2 Å². The number of ether oxygens (including phenoxy) is 1. The first-order valence-corrected chi connectivity index (χ1v) is 12.5. The molecule has 2 aromatic carbocycles. The summed E-state index contributed by atoms with van der Waals surface area (Å²) < 4.78 is 5.52. The molecule has 0 bridgehead atoms. The van der Waals surface area contributed by atoms with Crippen molar-refractivity contribution in [2.45, 2.75) is 51.5 Å². The predicted octanol–water partition coefficient (Wildman–Crippen LogP) is 5.76. The van der Waals surface area contributed by atoms with Crippen molar-refractivity contribution in [3.63, 3.8) is 0 Å². The van der Waals surface area contributed by atoms with Crippen molar-refractivity contribution < 1.29 is 9.53 Å². The highest BCUT2D eigenvalue weighted by Gasteiger charge is 2.18. The second-order valence-corrected chi connectivity index (χ2v) is 9.04. The number of benzene rings is 2. The number of fused-ring (bicyclic) bond motifs is 1. The fourth-order valence-electron chi connectivity index (χ4n) is 4.71. The van der Waals surface area contributed by atoms with E-state index >= 15 is 0 Å². The van der Waals surface area contributed by atoms with Crippen LogP contribution < -0.4 is 15.4 Å². The average molecular weight is 461 g/mol. The Morgan fingerprint density at radius 1 is 1.09 bits per heavy atom. The number of carbonyl (C=O) groups excluding carboxylic acids is 1. The standard InChI is InChI=1S/C28H36N4O2/c1-3-34-23-16-14-21(15-17-23)30-27-20-25(24-12-7-8-13-26(24)31-27)28(33)29-18-9-19-32(2)22-10-5-4-6-11-22/h7-8,12-17,20,22H,3-6,9-11,18-19H2,1-2H3,(H,29,33)(H,30,31). The summed E-state index contributed by atoms with van der Waals surface area (Å²) >= 11 is 0. The van der Waals surface area contributed by atoms with Crippen LogP contribution in [0.1, 0.15) is 55.8 Å². The molecule has 34 heavy (non-hydrogen) atoms. The van der Waals surface area contributed by atoms with E-state index in [2.05, 4.69) is 22.6 Å². The Kier molecular flexibility index (Phi) is 8.36. The maximum Gasteiger partial charge on any atom is 0.252 e. The number of rotatable bonds is 10. The van der Waals surface area contributed by atoms with Gasteiger partial charge in [0.15, 0.2) is 0 Å². The maximum atomic E-state index is 13.1. The molecule has 6 nitrogen and oxygen atoms in total. The monoisotopic (exact) mass is 460 g/mol. The largest absolute Gasteiger partial charge is 0.494 e. The molecule has 6 heteroatoms. The van der Waals surface area contributed by atoms with E-state index in [1.54, 1.807) is 0 Å². The third-order valence-corrected chi connectivity index (χ3v) is 6.57. The highest BCUT2D eigenvalue weighted by atomic mass is 16.5. The number of anilines is 2. The summed E-state index contributed by atoms with van der Waals surface area (Å²) in [5, 5.41) is 7.31. The minimum Gasteiger partial charge on any atom is -0.494 e. The zero-order valence-electron chi connectivity index (χ0n) is 20.3. The van der Waals surface area contributed by atoms with Gasteiger partial charge < -0.3 is 20.3 Å². The molecule has 0 unspecified atom stereocenters. The van der Waals surface area contributed by atoms with E-state index in [-0.39, 0.29) is 5.91 Å². The first-order chi connectivity index (χ1) is 16.6. The highest BCUT2D eigenvalue weighted by Crippen LogP contribution is 2.25. The summed E-state index contributed by atoms with van der Waals surface area (Å²) in [6.07, 6.45) is 7.60.